The summed E-state index contributed by atoms with van der Waals surface area (Å²) >= 11 is 0. The van der Waals surface area contributed by atoms with E-state index in [0.717, 1.165) is 35.4 Å². The molecule has 1 aromatic heterocycles. The number of methoxy groups -OCH3 is 1. The number of pyridine rings is 1. The van der Waals surface area contributed by atoms with Crippen LogP contribution >= 0.6 is 0 Å². The third-order valence-electron chi connectivity index (χ3n) is 6.68. The number of hydrogen-bond acceptors (Lipinski definition) is 13. The highest BCUT2D eigenvalue weighted by atomic mass is 16.5. The number of ether oxygens (including phenoxy) is 1. The van der Waals surface area contributed by atoms with E-state index < -0.39 is 23.9 Å². The number of benzene rings is 2. The first-order valence-electron chi connectivity index (χ1n) is 14.1. The van der Waals surface area contributed by atoms with Crippen molar-refractivity contribution in [3.63, 3.8) is 0 Å². The van der Waals surface area contributed by atoms with Gasteiger partial charge >= 0.3 is 0 Å². The summed E-state index contributed by atoms with van der Waals surface area (Å²) in [7, 11) is 1.71. The molecule has 0 atom stereocenters. The van der Waals surface area contributed by atoms with E-state index in [1.54, 1.807) is 7.11 Å². The van der Waals surface area contributed by atoms with Gasteiger partial charge in [-0.3, -0.25) is 9.88 Å². The van der Waals surface area contributed by atoms with Gasteiger partial charge in [0.1, 0.15) is 5.75 Å². The minimum atomic E-state index is -2.19. The van der Waals surface area contributed by atoms with E-state index in [2.05, 4.69) is 56.5 Å². The number of piperazine rings is 1. The van der Waals surface area contributed by atoms with Crippen LogP contribution in [0.15, 0.2) is 60.8 Å². The van der Waals surface area contributed by atoms with Crippen LogP contribution in [0, 0.1) is 0 Å². The minimum absolute atomic E-state index is 0.872. The largest absolute Gasteiger partial charge is 0.543 e. The van der Waals surface area contributed by atoms with Crippen LogP contribution in [0.2, 0.25) is 0 Å². The summed E-state index contributed by atoms with van der Waals surface area (Å²) in [6.45, 7) is 8.05. The molecule has 0 spiro atoms. The summed E-state index contributed by atoms with van der Waals surface area (Å²) in [6, 6.07) is 19.0. The fraction of sp³-hybridized carbons (Fsp3) is 0.387. The number of carboxylic acid groups (broad SMARTS) is 4. The minimum Gasteiger partial charge on any atom is -0.543 e. The molecule has 0 radical (unpaired) electrons. The van der Waals surface area contributed by atoms with Crippen LogP contribution in [-0.4, -0.2) is 85.0 Å². The van der Waals surface area contributed by atoms with Crippen molar-refractivity contribution in [2.24, 2.45) is 0 Å². The highest BCUT2D eigenvalue weighted by molar-refractivity contribution is 6.25. The molecule has 1 aliphatic heterocycles. The lowest BCUT2D eigenvalue weighted by Crippen LogP contribution is -2.46. The predicted octanol–water partition coefficient (Wildman–Crippen LogP) is -1.99. The Morgan fingerprint density at radius 3 is 1.95 bits per heavy atom. The van der Waals surface area contributed by atoms with Crippen LogP contribution in [0.1, 0.15) is 31.2 Å². The lowest BCUT2D eigenvalue weighted by atomic mass is 10.1. The molecule has 1 saturated heterocycles. The molecular formula is C31H36N4O9-4. The number of anilines is 1. The molecule has 3 aromatic rings. The molecular weight excluding hydrogens is 572 g/mol. The van der Waals surface area contributed by atoms with Gasteiger partial charge in [-0.25, -0.2) is 0 Å². The summed E-state index contributed by atoms with van der Waals surface area (Å²) in [4.78, 5) is 45.5. The molecule has 0 aliphatic carbocycles. The lowest BCUT2D eigenvalue weighted by molar-refractivity contribution is -0.345. The zero-order valence-corrected chi connectivity index (χ0v) is 24.6. The van der Waals surface area contributed by atoms with Crippen LogP contribution in [0.3, 0.4) is 0 Å². The maximum absolute atomic E-state index is 8.93. The first-order chi connectivity index (χ1) is 21.1. The summed E-state index contributed by atoms with van der Waals surface area (Å²) < 4.78 is 5.44. The molecule has 13 nitrogen and oxygen atoms in total. The van der Waals surface area contributed by atoms with Gasteiger partial charge < -0.3 is 54.6 Å². The molecule has 0 bridgehead atoms. The van der Waals surface area contributed by atoms with E-state index in [1.807, 2.05) is 24.4 Å². The molecule has 0 saturated carbocycles. The zero-order chi connectivity index (χ0) is 32.3. The fourth-order valence-electron chi connectivity index (χ4n) is 4.47. The number of carboxylic acids is 4. The number of carbonyl (C=O) groups excluding carboxylic acids is 4. The van der Waals surface area contributed by atoms with Crippen molar-refractivity contribution in [2.75, 3.05) is 51.7 Å². The number of nitrogens with one attached hydrogen (secondary N) is 1. The number of nitrogens with zero attached hydrogens (tertiary/aromatic N) is 3. The summed E-state index contributed by atoms with van der Waals surface area (Å²) in [5.41, 5.74) is 3.50. The van der Waals surface area contributed by atoms with Crippen LogP contribution in [0.5, 0.6) is 5.75 Å². The SMILES string of the molecule is COc1cc(NCCCCCCN2CCN(Cc3ccccc3)CC2)c2ncccc2c1.O=C([O-])C(=O)[O-].O=C([O-])C(=O)[O-]. The van der Waals surface area contributed by atoms with Gasteiger partial charge in [0.15, 0.2) is 0 Å². The highest BCUT2D eigenvalue weighted by Crippen LogP contribution is 2.27. The Balaban J connectivity index is 0.000000477. The van der Waals surface area contributed by atoms with Crippen molar-refractivity contribution >= 4 is 40.5 Å². The molecule has 238 valence electrons. The third-order valence-corrected chi connectivity index (χ3v) is 6.68. The number of aromatic nitrogens is 1. The van der Waals surface area contributed by atoms with Crippen LogP contribution in [-0.2, 0) is 25.7 Å². The quantitative estimate of drug-likeness (QED) is 0.185. The normalized spacial score (nSPS) is 13.0. The molecule has 44 heavy (non-hydrogen) atoms. The summed E-state index contributed by atoms with van der Waals surface area (Å²) in [6.07, 6.45) is 6.87. The maximum Gasteiger partial charge on any atom is 0.121 e. The van der Waals surface area contributed by atoms with E-state index in [0.29, 0.717) is 0 Å². The van der Waals surface area contributed by atoms with Gasteiger partial charge in [-0.2, -0.15) is 0 Å². The van der Waals surface area contributed by atoms with Crippen LogP contribution in [0.4, 0.5) is 5.69 Å². The third kappa shape index (κ3) is 13.5. The molecule has 13 heteroatoms. The van der Waals surface area contributed by atoms with Gasteiger partial charge in [-0.1, -0.05) is 49.2 Å². The van der Waals surface area contributed by atoms with Crippen molar-refractivity contribution < 1.29 is 44.3 Å². The first kappa shape index (κ1) is 35.4. The Labute approximate surface area is 255 Å². The Morgan fingerprint density at radius 2 is 1.36 bits per heavy atom. The van der Waals surface area contributed by atoms with E-state index in [1.165, 1.54) is 64.0 Å². The molecule has 1 fully saturated rings. The molecule has 2 aromatic carbocycles. The van der Waals surface area contributed by atoms with Gasteiger partial charge in [0.05, 0.1) is 42.2 Å². The van der Waals surface area contributed by atoms with E-state index in [-0.39, 0.29) is 0 Å². The van der Waals surface area contributed by atoms with Crippen molar-refractivity contribution in [3.05, 3.63) is 66.4 Å². The molecule has 0 unspecified atom stereocenters. The number of unbranched alkanes of at least 4 members (excludes halogenated alkanes) is 3. The molecule has 1 aliphatic rings. The highest BCUT2D eigenvalue weighted by Gasteiger charge is 2.16. The Kier molecular flexibility index (Phi) is 15.7. The maximum atomic E-state index is 8.93. The second-order valence-electron chi connectivity index (χ2n) is 9.84. The molecule has 2 heterocycles. The van der Waals surface area contributed by atoms with Crippen LogP contribution < -0.4 is 30.5 Å². The standard InChI is InChI=1S/C27H36N4O.2C2H2O4/c1-32-25-20-24-12-9-14-29-27(24)26(21-25)28-13-7-2-3-8-15-30-16-18-31(19-17-30)22-23-10-5-4-6-11-23;2*3-1(4)2(5)6/h4-6,9-12,14,20-21,28H,2-3,7-8,13,15-19,22H2,1H3;2*(H,3,4)(H,5,6)/p-4. The second-order valence-corrected chi connectivity index (χ2v) is 9.84. The smallest absolute Gasteiger partial charge is 0.121 e. The Bertz CT molecular complexity index is 1300. The summed E-state index contributed by atoms with van der Waals surface area (Å²) in [5, 5.41) is 40.4. The Morgan fingerprint density at radius 1 is 0.773 bits per heavy atom. The number of aliphatic carboxylic acids is 4. The van der Waals surface area contributed by atoms with Crippen molar-refractivity contribution in [1.82, 2.24) is 14.8 Å². The predicted molar refractivity (Wildman–Crippen MR) is 153 cm³/mol. The van der Waals surface area contributed by atoms with Crippen molar-refractivity contribution in [2.45, 2.75) is 32.2 Å². The van der Waals surface area contributed by atoms with Crippen molar-refractivity contribution in [3.8, 4) is 5.75 Å². The number of rotatable bonds is 11. The van der Waals surface area contributed by atoms with E-state index >= 15 is 0 Å². The van der Waals surface area contributed by atoms with Crippen LogP contribution in [0.25, 0.3) is 10.9 Å². The van der Waals surface area contributed by atoms with Gasteiger partial charge in [0.2, 0.25) is 0 Å². The number of hydrogen-bond donors (Lipinski definition) is 1. The second kappa shape index (κ2) is 19.4. The van der Waals surface area contributed by atoms with Gasteiger partial charge in [0, 0.05) is 56.9 Å². The van der Waals surface area contributed by atoms with Gasteiger partial charge in [-0.15, -0.1) is 0 Å². The van der Waals surface area contributed by atoms with E-state index in [4.69, 9.17) is 44.3 Å². The topological polar surface area (TPSA) is 201 Å². The molecule has 4 rings (SSSR count). The fourth-order valence-corrected chi connectivity index (χ4v) is 4.47. The average Bonchev–Trinajstić information content (AvgIpc) is 3.02. The van der Waals surface area contributed by atoms with Crippen molar-refractivity contribution in [1.29, 1.82) is 0 Å². The Hall–Kier alpha value is -4.75. The van der Waals surface area contributed by atoms with Gasteiger partial charge in [-0.05, 0) is 37.1 Å². The molecule has 0 amide bonds. The van der Waals surface area contributed by atoms with Gasteiger partial charge in [0.25, 0.3) is 0 Å². The lowest BCUT2D eigenvalue weighted by Gasteiger charge is -2.34. The first-order valence-corrected chi connectivity index (χ1v) is 14.1. The average molecular weight is 609 g/mol. The van der Waals surface area contributed by atoms with E-state index in [9.17, 15) is 0 Å². The number of fused-ring (bicyclic) bond motifs is 1. The summed E-state index contributed by atoms with van der Waals surface area (Å²) in [5.74, 6) is -7.87. The zero-order valence-electron chi connectivity index (χ0n) is 24.6. The monoisotopic (exact) mass is 608 g/mol. The molecule has 1 N–H and O–H groups in total. The number of carbonyl (C=O) groups is 4.